The van der Waals surface area contributed by atoms with Crippen molar-refractivity contribution in [2.75, 3.05) is 34.0 Å². The molecule has 31 heavy (non-hydrogen) atoms. The third-order valence-corrected chi connectivity index (χ3v) is 4.45. The average molecular weight is 432 g/mol. The molecule has 9 nitrogen and oxygen atoms in total. The summed E-state index contributed by atoms with van der Waals surface area (Å²) in [6.45, 7) is 3.08. The minimum absolute atomic E-state index is 0.0757. The summed E-state index contributed by atoms with van der Waals surface area (Å²) in [6, 6.07) is 10.3. The van der Waals surface area contributed by atoms with Gasteiger partial charge in [-0.15, -0.1) is 0 Å². The Labute approximate surface area is 181 Å². The topological polar surface area (TPSA) is 109 Å². The highest BCUT2D eigenvalue weighted by molar-refractivity contribution is 5.75. The SMILES string of the molecule is CCOc1ccccc1OCCCC(=O)NCCc1cc(OC)c(OC)cc1[N+](=O)[O-]. The van der Waals surface area contributed by atoms with Crippen LogP contribution in [0.1, 0.15) is 25.3 Å². The molecule has 0 fully saturated rings. The minimum atomic E-state index is -0.476. The molecule has 0 radical (unpaired) electrons. The molecule has 168 valence electrons. The van der Waals surface area contributed by atoms with Gasteiger partial charge in [-0.25, -0.2) is 0 Å². The molecule has 0 heterocycles. The van der Waals surface area contributed by atoms with Gasteiger partial charge in [-0.05, 0) is 38.0 Å². The van der Waals surface area contributed by atoms with Crippen LogP contribution in [0.4, 0.5) is 5.69 Å². The second-order valence-corrected chi connectivity index (χ2v) is 6.52. The Morgan fingerprint density at radius 1 is 1.03 bits per heavy atom. The van der Waals surface area contributed by atoms with E-state index in [1.54, 1.807) is 6.07 Å². The van der Waals surface area contributed by atoms with Gasteiger partial charge in [0.25, 0.3) is 5.69 Å². The van der Waals surface area contributed by atoms with Gasteiger partial charge in [-0.2, -0.15) is 0 Å². The van der Waals surface area contributed by atoms with E-state index in [0.717, 1.165) is 0 Å². The molecule has 0 spiro atoms. The van der Waals surface area contributed by atoms with Crippen molar-refractivity contribution in [3.63, 3.8) is 0 Å². The number of carbonyl (C=O) groups is 1. The summed E-state index contributed by atoms with van der Waals surface area (Å²) >= 11 is 0. The summed E-state index contributed by atoms with van der Waals surface area (Å²) in [4.78, 5) is 23.0. The summed E-state index contributed by atoms with van der Waals surface area (Å²) < 4.78 is 21.5. The first-order chi connectivity index (χ1) is 15.0. The lowest BCUT2D eigenvalue weighted by Crippen LogP contribution is -2.26. The summed E-state index contributed by atoms with van der Waals surface area (Å²) in [6.07, 6.45) is 1.11. The molecule has 0 aliphatic carbocycles. The van der Waals surface area contributed by atoms with E-state index in [-0.39, 0.29) is 30.3 Å². The number of hydrogen-bond donors (Lipinski definition) is 1. The first-order valence-electron chi connectivity index (χ1n) is 10.0. The van der Waals surface area contributed by atoms with Crippen LogP contribution in [0.2, 0.25) is 0 Å². The highest BCUT2D eigenvalue weighted by Gasteiger charge is 2.19. The third-order valence-electron chi connectivity index (χ3n) is 4.45. The standard InChI is InChI=1S/C22H28N2O7/c1-4-30-18-8-5-6-9-19(18)31-13-7-10-22(25)23-12-11-16-14-20(28-2)21(29-3)15-17(16)24(26)27/h5-6,8-9,14-15H,4,7,10-13H2,1-3H3,(H,23,25). The van der Waals surface area contributed by atoms with E-state index in [2.05, 4.69) is 5.32 Å². The second kappa shape index (κ2) is 12.3. The van der Waals surface area contributed by atoms with Crippen molar-refractivity contribution in [2.45, 2.75) is 26.2 Å². The van der Waals surface area contributed by atoms with Crippen molar-refractivity contribution in [1.82, 2.24) is 5.32 Å². The molecular weight excluding hydrogens is 404 g/mol. The fraction of sp³-hybridized carbons (Fsp3) is 0.409. The number of methoxy groups -OCH3 is 2. The first kappa shape index (κ1) is 23.8. The summed E-state index contributed by atoms with van der Waals surface area (Å²) in [7, 11) is 2.88. The summed E-state index contributed by atoms with van der Waals surface area (Å²) in [5.74, 6) is 1.85. The zero-order valence-corrected chi connectivity index (χ0v) is 18.0. The minimum Gasteiger partial charge on any atom is -0.493 e. The zero-order chi connectivity index (χ0) is 22.6. The third kappa shape index (κ3) is 7.06. The van der Waals surface area contributed by atoms with Gasteiger partial charge in [0.2, 0.25) is 5.91 Å². The molecule has 0 aromatic heterocycles. The molecule has 2 aromatic carbocycles. The Hall–Kier alpha value is -3.49. The van der Waals surface area contributed by atoms with Crippen LogP contribution in [-0.4, -0.2) is 44.8 Å². The lowest BCUT2D eigenvalue weighted by atomic mass is 10.1. The Balaban J connectivity index is 1.80. The molecule has 0 atom stereocenters. The number of nitro groups is 1. The fourth-order valence-electron chi connectivity index (χ4n) is 2.96. The Morgan fingerprint density at radius 2 is 1.68 bits per heavy atom. The zero-order valence-electron chi connectivity index (χ0n) is 18.0. The number of nitro benzene ring substituents is 1. The largest absolute Gasteiger partial charge is 0.493 e. The van der Waals surface area contributed by atoms with E-state index < -0.39 is 4.92 Å². The predicted molar refractivity (Wildman–Crippen MR) is 115 cm³/mol. The normalized spacial score (nSPS) is 10.3. The number of ether oxygens (including phenoxy) is 4. The molecule has 0 unspecified atom stereocenters. The van der Waals surface area contributed by atoms with Gasteiger partial charge < -0.3 is 24.3 Å². The Kier molecular flexibility index (Phi) is 9.41. The van der Waals surface area contributed by atoms with E-state index in [4.69, 9.17) is 18.9 Å². The highest BCUT2D eigenvalue weighted by Crippen LogP contribution is 2.34. The molecule has 0 saturated carbocycles. The van der Waals surface area contributed by atoms with E-state index >= 15 is 0 Å². The highest BCUT2D eigenvalue weighted by atomic mass is 16.6. The van der Waals surface area contributed by atoms with E-state index in [9.17, 15) is 14.9 Å². The van der Waals surface area contributed by atoms with Crippen LogP contribution in [0, 0.1) is 10.1 Å². The number of hydrogen-bond acceptors (Lipinski definition) is 7. The maximum Gasteiger partial charge on any atom is 0.276 e. The van der Waals surface area contributed by atoms with Gasteiger partial charge in [-0.3, -0.25) is 14.9 Å². The van der Waals surface area contributed by atoms with Gasteiger partial charge in [0.15, 0.2) is 23.0 Å². The Bertz CT molecular complexity index is 886. The van der Waals surface area contributed by atoms with E-state index in [1.165, 1.54) is 20.3 Å². The maximum absolute atomic E-state index is 12.1. The number of carbonyl (C=O) groups excluding carboxylic acids is 1. The van der Waals surface area contributed by atoms with Crippen LogP contribution < -0.4 is 24.3 Å². The monoisotopic (exact) mass is 432 g/mol. The van der Waals surface area contributed by atoms with Crippen molar-refractivity contribution in [3.8, 4) is 23.0 Å². The van der Waals surface area contributed by atoms with Crippen molar-refractivity contribution in [1.29, 1.82) is 0 Å². The Morgan fingerprint density at radius 3 is 2.29 bits per heavy atom. The van der Waals surface area contributed by atoms with Crippen LogP contribution in [0.5, 0.6) is 23.0 Å². The van der Waals surface area contributed by atoms with Gasteiger partial charge in [-0.1, -0.05) is 12.1 Å². The number of nitrogens with zero attached hydrogens (tertiary/aromatic N) is 1. The quantitative estimate of drug-likeness (QED) is 0.293. The van der Waals surface area contributed by atoms with E-state index in [1.807, 2.05) is 31.2 Å². The molecule has 9 heteroatoms. The molecule has 2 aromatic rings. The fourth-order valence-corrected chi connectivity index (χ4v) is 2.96. The van der Waals surface area contributed by atoms with Crippen LogP contribution in [0.3, 0.4) is 0 Å². The number of amides is 1. The molecule has 1 N–H and O–H groups in total. The van der Waals surface area contributed by atoms with Gasteiger partial charge >= 0.3 is 0 Å². The molecule has 2 rings (SSSR count). The molecular formula is C22H28N2O7. The lowest BCUT2D eigenvalue weighted by molar-refractivity contribution is -0.385. The van der Waals surface area contributed by atoms with E-state index in [0.29, 0.717) is 48.9 Å². The number of rotatable bonds is 13. The molecule has 1 amide bonds. The summed E-state index contributed by atoms with van der Waals surface area (Å²) in [5.41, 5.74) is 0.382. The van der Waals surface area contributed by atoms with Crippen LogP contribution in [0.15, 0.2) is 36.4 Å². The number of para-hydroxylation sites is 2. The van der Waals surface area contributed by atoms with Crippen molar-refractivity contribution in [2.24, 2.45) is 0 Å². The second-order valence-electron chi connectivity index (χ2n) is 6.52. The van der Waals surface area contributed by atoms with Gasteiger partial charge in [0.1, 0.15) is 0 Å². The maximum atomic E-state index is 12.1. The van der Waals surface area contributed by atoms with Crippen LogP contribution in [-0.2, 0) is 11.2 Å². The lowest BCUT2D eigenvalue weighted by Gasteiger charge is -2.12. The first-order valence-corrected chi connectivity index (χ1v) is 10.0. The molecule has 0 aliphatic rings. The predicted octanol–water partition coefficient (Wildman–Crippen LogP) is 3.53. The molecule has 0 bridgehead atoms. The van der Waals surface area contributed by atoms with Crippen LogP contribution in [0.25, 0.3) is 0 Å². The number of benzene rings is 2. The number of nitrogens with one attached hydrogen (secondary N) is 1. The van der Waals surface area contributed by atoms with Crippen molar-refractivity contribution in [3.05, 3.63) is 52.1 Å². The summed E-state index contributed by atoms with van der Waals surface area (Å²) in [5, 5.41) is 14.1. The smallest absolute Gasteiger partial charge is 0.276 e. The molecule has 0 aliphatic heterocycles. The van der Waals surface area contributed by atoms with Crippen LogP contribution >= 0.6 is 0 Å². The van der Waals surface area contributed by atoms with Crippen molar-refractivity contribution >= 4 is 11.6 Å². The average Bonchev–Trinajstić information content (AvgIpc) is 2.77. The van der Waals surface area contributed by atoms with Gasteiger partial charge in [0.05, 0.1) is 38.4 Å². The van der Waals surface area contributed by atoms with Crippen molar-refractivity contribution < 1.29 is 28.7 Å². The molecule has 0 saturated heterocycles. The van der Waals surface area contributed by atoms with Gasteiger partial charge in [0, 0.05) is 18.5 Å².